The van der Waals surface area contributed by atoms with Gasteiger partial charge in [0, 0.05) is 51.6 Å². The van der Waals surface area contributed by atoms with Crippen LogP contribution in [0.3, 0.4) is 0 Å². The minimum absolute atomic E-state index is 0.120. The average molecular weight is 528 g/mol. The van der Waals surface area contributed by atoms with Gasteiger partial charge in [0.05, 0.1) is 18.8 Å². The molecule has 7 nitrogen and oxygen atoms in total. The number of carbonyl (C=O) groups excluding carboxylic acids is 2. The molecule has 3 heterocycles. The standard InChI is InChI=1S/C31H30FN3O4/c1-18-24(12-20(13-26(18)32)30(37)34-21-9-10-21)27-11-8-19(14-33-27)29(36)25-16-35(28-7-5-4-6-23(25)28)15-22-17-38-31(2,3)39-22/h4-8,11-14,16,21-22H,9-10,15,17H2,1-3H3,(H,34,37). The lowest BCUT2D eigenvalue weighted by atomic mass is 9.99. The lowest BCUT2D eigenvalue weighted by molar-refractivity contribution is -0.139. The maximum Gasteiger partial charge on any atom is 0.251 e. The third-order valence-corrected chi connectivity index (χ3v) is 7.32. The van der Waals surface area contributed by atoms with Gasteiger partial charge in [-0.25, -0.2) is 4.39 Å². The molecule has 1 N–H and O–H groups in total. The van der Waals surface area contributed by atoms with Crippen molar-refractivity contribution in [2.24, 2.45) is 0 Å². The number of nitrogens with zero attached hydrogens (tertiary/aromatic N) is 2. The number of nitrogens with one attached hydrogen (secondary N) is 1. The molecule has 6 rings (SSSR count). The highest BCUT2D eigenvalue weighted by atomic mass is 19.1. The van der Waals surface area contributed by atoms with Gasteiger partial charge in [0.15, 0.2) is 11.6 Å². The Kier molecular flexibility index (Phi) is 6.32. The quantitative estimate of drug-likeness (QED) is 0.324. The van der Waals surface area contributed by atoms with Crippen LogP contribution in [0.1, 0.15) is 58.5 Å². The number of hydrogen-bond donors (Lipinski definition) is 1. The summed E-state index contributed by atoms with van der Waals surface area (Å²) in [6.07, 6.45) is 5.14. The van der Waals surface area contributed by atoms with E-state index >= 15 is 0 Å². The monoisotopic (exact) mass is 527 g/mol. The van der Waals surface area contributed by atoms with Gasteiger partial charge in [-0.05, 0) is 69.5 Å². The summed E-state index contributed by atoms with van der Waals surface area (Å²) in [6, 6.07) is 14.2. The molecule has 2 aliphatic rings. The van der Waals surface area contributed by atoms with Crippen LogP contribution in [-0.2, 0) is 16.0 Å². The zero-order valence-corrected chi connectivity index (χ0v) is 22.2. The number of amides is 1. The summed E-state index contributed by atoms with van der Waals surface area (Å²) in [6.45, 7) is 6.48. The predicted octanol–water partition coefficient (Wildman–Crippen LogP) is 5.43. The minimum Gasteiger partial charge on any atom is -0.349 e. The Hall–Kier alpha value is -3.88. The molecular weight excluding hydrogens is 497 g/mol. The summed E-state index contributed by atoms with van der Waals surface area (Å²) < 4.78 is 28.4. The molecule has 0 radical (unpaired) electrons. The zero-order valence-electron chi connectivity index (χ0n) is 22.2. The molecule has 1 aliphatic carbocycles. The Morgan fingerprint density at radius 1 is 1.13 bits per heavy atom. The number of ether oxygens (including phenoxy) is 2. The van der Waals surface area contributed by atoms with Crippen LogP contribution in [0.4, 0.5) is 4.39 Å². The van der Waals surface area contributed by atoms with Crippen molar-refractivity contribution in [1.82, 2.24) is 14.9 Å². The van der Waals surface area contributed by atoms with E-state index in [1.807, 2.05) is 48.9 Å². The van der Waals surface area contributed by atoms with Crippen molar-refractivity contribution < 1.29 is 23.5 Å². The lowest BCUT2D eigenvalue weighted by Crippen LogP contribution is -2.25. The molecule has 1 unspecified atom stereocenters. The molecule has 2 fully saturated rings. The SMILES string of the molecule is Cc1c(F)cc(C(=O)NC2CC2)cc1-c1ccc(C(=O)c2cn(CC3COC(C)(C)O3)c3ccccc23)cn1. The maximum atomic E-state index is 14.7. The Bertz CT molecular complexity index is 1590. The molecule has 0 spiro atoms. The van der Waals surface area contributed by atoms with E-state index in [0.717, 1.165) is 23.7 Å². The van der Waals surface area contributed by atoms with Gasteiger partial charge in [-0.3, -0.25) is 14.6 Å². The molecule has 1 saturated heterocycles. The van der Waals surface area contributed by atoms with Crippen LogP contribution >= 0.6 is 0 Å². The Morgan fingerprint density at radius 3 is 2.62 bits per heavy atom. The third kappa shape index (κ3) is 5.10. The first kappa shape index (κ1) is 25.4. The highest BCUT2D eigenvalue weighted by molar-refractivity contribution is 6.16. The van der Waals surface area contributed by atoms with Gasteiger partial charge >= 0.3 is 0 Å². The highest BCUT2D eigenvalue weighted by Gasteiger charge is 2.33. The van der Waals surface area contributed by atoms with Crippen LogP contribution in [0.15, 0.2) is 60.9 Å². The molecule has 1 atom stereocenters. The van der Waals surface area contributed by atoms with Crippen molar-refractivity contribution in [3.05, 3.63) is 89.0 Å². The van der Waals surface area contributed by atoms with Crippen LogP contribution in [0.25, 0.3) is 22.2 Å². The number of ketones is 1. The van der Waals surface area contributed by atoms with Crippen LogP contribution in [0.5, 0.6) is 0 Å². The van der Waals surface area contributed by atoms with Gasteiger partial charge in [0.25, 0.3) is 5.91 Å². The summed E-state index contributed by atoms with van der Waals surface area (Å²) in [4.78, 5) is 30.6. The van der Waals surface area contributed by atoms with Crippen LogP contribution in [0, 0.1) is 12.7 Å². The number of rotatable bonds is 7. The van der Waals surface area contributed by atoms with Crippen molar-refractivity contribution >= 4 is 22.6 Å². The summed E-state index contributed by atoms with van der Waals surface area (Å²) in [5.41, 5.74) is 3.60. The fourth-order valence-corrected chi connectivity index (χ4v) is 5.07. The average Bonchev–Trinajstić information content (AvgIpc) is 3.57. The summed E-state index contributed by atoms with van der Waals surface area (Å²) >= 11 is 0. The number of halogens is 1. The van der Waals surface area contributed by atoms with Gasteiger partial charge in [0.1, 0.15) is 11.9 Å². The van der Waals surface area contributed by atoms with Crippen molar-refractivity contribution in [3.63, 3.8) is 0 Å². The van der Waals surface area contributed by atoms with Crippen LogP contribution < -0.4 is 5.32 Å². The molecular formula is C31H30FN3O4. The van der Waals surface area contributed by atoms with E-state index < -0.39 is 11.6 Å². The molecule has 1 aliphatic heterocycles. The molecule has 2 aromatic heterocycles. The molecule has 8 heteroatoms. The number of benzene rings is 2. The molecule has 39 heavy (non-hydrogen) atoms. The Labute approximate surface area is 225 Å². The molecule has 0 bridgehead atoms. The smallest absolute Gasteiger partial charge is 0.251 e. The highest BCUT2D eigenvalue weighted by Crippen LogP contribution is 2.30. The van der Waals surface area contributed by atoms with Gasteiger partial charge in [-0.2, -0.15) is 0 Å². The van der Waals surface area contributed by atoms with Gasteiger partial charge in [-0.1, -0.05) is 18.2 Å². The largest absolute Gasteiger partial charge is 0.349 e. The van der Waals surface area contributed by atoms with E-state index in [4.69, 9.17) is 9.47 Å². The molecule has 2 aromatic carbocycles. The van der Waals surface area contributed by atoms with E-state index in [1.165, 1.54) is 12.3 Å². The second-order valence-electron chi connectivity index (χ2n) is 10.8. The van der Waals surface area contributed by atoms with Crippen LogP contribution in [-0.4, -0.2) is 45.8 Å². The Balaban J connectivity index is 1.28. The number of para-hydroxylation sites is 1. The van der Waals surface area contributed by atoms with Crippen molar-refractivity contribution in [3.8, 4) is 11.3 Å². The predicted molar refractivity (Wildman–Crippen MR) is 145 cm³/mol. The summed E-state index contributed by atoms with van der Waals surface area (Å²) in [5.74, 6) is -1.54. The van der Waals surface area contributed by atoms with Gasteiger partial charge in [0.2, 0.25) is 0 Å². The molecule has 1 amide bonds. The van der Waals surface area contributed by atoms with E-state index in [9.17, 15) is 14.0 Å². The van der Waals surface area contributed by atoms with E-state index in [1.54, 1.807) is 25.1 Å². The zero-order chi connectivity index (χ0) is 27.3. The van der Waals surface area contributed by atoms with Crippen LogP contribution in [0.2, 0.25) is 0 Å². The first-order valence-electron chi connectivity index (χ1n) is 13.2. The fraction of sp³-hybridized carbons (Fsp3) is 0.323. The van der Waals surface area contributed by atoms with Crippen molar-refractivity contribution in [2.75, 3.05) is 6.61 Å². The first-order valence-corrected chi connectivity index (χ1v) is 13.2. The van der Waals surface area contributed by atoms with Crippen molar-refractivity contribution in [2.45, 2.75) is 58.1 Å². The summed E-state index contributed by atoms with van der Waals surface area (Å²) in [7, 11) is 0. The molecule has 1 saturated carbocycles. The number of carbonyl (C=O) groups is 2. The Morgan fingerprint density at radius 2 is 1.92 bits per heavy atom. The number of fused-ring (bicyclic) bond motifs is 1. The first-order chi connectivity index (χ1) is 18.7. The minimum atomic E-state index is -0.624. The molecule has 4 aromatic rings. The second-order valence-corrected chi connectivity index (χ2v) is 10.8. The normalized spacial score (nSPS) is 18.4. The number of pyridine rings is 1. The van der Waals surface area contributed by atoms with Gasteiger partial charge in [-0.15, -0.1) is 0 Å². The van der Waals surface area contributed by atoms with E-state index in [-0.39, 0.29) is 29.4 Å². The maximum absolute atomic E-state index is 14.7. The number of hydrogen-bond acceptors (Lipinski definition) is 5. The lowest BCUT2D eigenvalue weighted by Gasteiger charge is -2.17. The van der Waals surface area contributed by atoms with Crippen molar-refractivity contribution in [1.29, 1.82) is 0 Å². The van der Waals surface area contributed by atoms with E-state index in [2.05, 4.69) is 10.3 Å². The second kappa shape index (κ2) is 9.70. The van der Waals surface area contributed by atoms with E-state index in [0.29, 0.717) is 41.1 Å². The molecule has 200 valence electrons. The van der Waals surface area contributed by atoms with Gasteiger partial charge < -0.3 is 19.4 Å². The third-order valence-electron chi connectivity index (χ3n) is 7.32. The fourth-order valence-electron chi connectivity index (χ4n) is 5.07. The summed E-state index contributed by atoms with van der Waals surface area (Å²) in [5, 5.41) is 3.74. The number of aromatic nitrogens is 2. The topological polar surface area (TPSA) is 82.5 Å².